The van der Waals surface area contributed by atoms with Crippen molar-refractivity contribution in [3.63, 3.8) is 0 Å². The molecule has 0 saturated heterocycles. The van der Waals surface area contributed by atoms with E-state index in [1.807, 2.05) is 0 Å². The smallest absolute Gasteiger partial charge is 0.255 e. The zero-order valence-corrected chi connectivity index (χ0v) is 21.9. The van der Waals surface area contributed by atoms with Crippen LogP contribution < -0.4 is 10.0 Å². The molecular formula is C28H42N2O4S. The van der Waals surface area contributed by atoms with E-state index < -0.39 is 10.0 Å². The van der Waals surface area contributed by atoms with E-state index in [1.54, 1.807) is 12.1 Å². The quantitative estimate of drug-likeness (QED) is 0.151. The summed E-state index contributed by atoms with van der Waals surface area (Å²) in [4.78, 5) is 12.5. The van der Waals surface area contributed by atoms with E-state index in [1.165, 1.54) is 101 Å². The van der Waals surface area contributed by atoms with Crippen molar-refractivity contribution in [1.29, 1.82) is 0 Å². The van der Waals surface area contributed by atoms with Crippen molar-refractivity contribution in [2.45, 2.75) is 95.3 Å². The summed E-state index contributed by atoms with van der Waals surface area (Å²) >= 11 is 0. The molecule has 0 heterocycles. The molecule has 35 heavy (non-hydrogen) atoms. The van der Waals surface area contributed by atoms with Gasteiger partial charge in [0.2, 0.25) is 10.0 Å². The van der Waals surface area contributed by atoms with Crippen molar-refractivity contribution in [3.05, 3.63) is 54.1 Å². The van der Waals surface area contributed by atoms with Gasteiger partial charge in [0.1, 0.15) is 5.75 Å². The molecule has 0 radical (unpaired) electrons. The molecule has 0 fully saturated rings. The van der Waals surface area contributed by atoms with Crippen LogP contribution in [-0.2, 0) is 10.0 Å². The third kappa shape index (κ3) is 11.7. The molecule has 0 aliphatic rings. The van der Waals surface area contributed by atoms with Crippen LogP contribution in [0.2, 0.25) is 0 Å². The number of unbranched alkanes of at least 4 members (excludes halogenated alkanes) is 12. The monoisotopic (exact) mass is 502 g/mol. The number of phenols is 1. The van der Waals surface area contributed by atoms with E-state index in [0.717, 1.165) is 19.3 Å². The van der Waals surface area contributed by atoms with Crippen LogP contribution in [0.1, 0.15) is 101 Å². The van der Waals surface area contributed by atoms with E-state index >= 15 is 0 Å². The van der Waals surface area contributed by atoms with Gasteiger partial charge in [0, 0.05) is 17.8 Å². The topological polar surface area (TPSA) is 95.5 Å². The van der Waals surface area contributed by atoms with Gasteiger partial charge in [0.05, 0.1) is 4.90 Å². The second-order valence-electron chi connectivity index (χ2n) is 9.17. The van der Waals surface area contributed by atoms with Crippen LogP contribution in [0.4, 0.5) is 5.69 Å². The first-order chi connectivity index (χ1) is 16.9. The molecule has 6 nitrogen and oxygen atoms in total. The lowest BCUT2D eigenvalue weighted by molar-refractivity contribution is 0.102. The number of carbonyl (C=O) groups excluding carboxylic acids is 1. The highest BCUT2D eigenvalue weighted by molar-refractivity contribution is 7.89. The van der Waals surface area contributed by atoms with Crippen LogP contribution in [0, 0.1) is 0 Å². The number of benzene rings is 2. The van der Waals surface area contributed by atoms with Crippen LogP contribution >= 0.6 is 0 Å². The van der Waals surface area contributed by atoms with Gasteiger partial charge in [-0.25, -0.2) is 13.1 Å². The number of hydrogen-bond acceptors (Lipinski definition) is 4. The van der Waals surface area contributed by atoms with Crippen LogP contribution in [-0.4, -0.2) is 26.0 Å². The standard InChI is InChI=1S/C28H42N2O4S/c1-2-3-4-5-6-7-8-9-10-11-12-13-14-23-29-35(33,34)27-21-15-24(16-22-27)28(32)30-25-17-19-26(31)20-18-25/h15-22,29,31H,2-14,23H2,1H3,(H,30,32). The van der Waals surface area contributed by atoms with E-state index in [0.29, 0.717) is 17.8 Å². The number of carbonyl (C=O) groups is 1. The molecule has 0 aliphatic heterocycles. The van der Waals surface area contributed by atoms with Crippen molar-refractivity contribution >= 4 is 21.6 Å². The summed E-state index contributed by atoms with van der Waals surface area (Å²) in [7, 11) is -3.59. The number of hydrogen-bond donors (Lipinski definition) is 3. The minimum absolute atomic E-state index is 0.115. The summed E-state index contributed by atoms with van der Waals surface area (Å²) in [6.07, 6.45) is 16.3. The molecule has 0 bridgehead atoms. The normalized spacial score (nSPS) is 11.5. The highest BCUT2D eigenvalue weighted by atomic mass is 32.2. The predicted molar refractivity (Wildman–Crippen MR) is 143 cm³/mol. The van der Waals surface area contributed by atoms with Gasteiger partial charge in [-0.2, -0.15) is 0 Å². The van der Waals surface area contributed by atoms with Crippen molar-refractivity contribution in [2.75, 3.05) is 11.9 Å². The Labute approximate surface area is 211 Å². The highest BCUT2D eigenvalue weighted by Crippen LogP contribution is 2.17. The van der Waals surface area contributed by atoms with E-state index in [-0.39, 0.29) is 16.6 Å². The Bertz CT molecular complexity index is 957. The Kier molecular flexibility index (Phi) is 13.5. The van der Waals surface area contributed by atoms with Crippen molar-refractivity contribution in [2.24, 2.45) is 0 Å². The minimum Gasteiger partial charge on any atom is -0.508 e. The van der Waals surface area contributed by atoms with E-state index in [4.69, 9.17) is 0 Å². The molecule has 2 rings (SSSR count). The minimum atomic E-state index is -3.59. The molecule has 3 N–H and O–H groups in total. The third-order valence-corrected chi connectivity index (χ3v) is 7.60. The van der Waals surface area contributed by atoms with Gasteiger partial charge in [-0.15, -0.1) is 0 Å². The number of nitrogens with one attached hydrogen (secondary N) is 2. The van der Waals surface area contributed by atoms with Gasteiger partial charge in [0.15, 0.2) is 0 Å². The Morgan fingerprint density at radius 2 is 1.20 bits per heavy atom. The fraction of sp³-hybridized carbons (Fsp3) is 0.536. The SMILES string of the molecule is CCCCCCCCCCCCCCCNS(=O)(=O)c1ccc(C(=O)Nc2ccc(O)cc2)cc1. The summed E-state index contributed by atoms with van der Waals surface area (Å²) in [5.41, 5.74) is 0.900. The molecule has 2 aromatic rings. The molecule has 7 heteroatoms. The van der Waals surface area contributed by atoms with E-state index in [2.05, 4.69) is 17.0 Å². The molecule has 0 aromatic heterocycles. The van der Waals surface area contributed by atoms with Crippen LogP contribution in [0.5, 0.6) is 5.75 Å². The Morgan fingerprint density at radius 1 is 0.714 bits per heavy atom. The van der Waals surface area contributed by atoms with E-state index in [9.17, 15) is 18.3 Å². The second-order valence-corrected chi connectivity index (χ2v) is 10.9. The summed E-state index contributed by atoms with van der Waals surface area (Å²) < 4.78 is 27.7. The van der Waals surface area contributed by atoms with Gasteiger partial charge in [0.25, 0.3) is 5.91 Å². The zero-order chi connectivity index (χ0) is 25.4. The van der Waals surface area contributed by atoms with Crippen molar-refractivity contribution in [1.82, 2.24) is 4.72 Å². The van der Waals surface area contributed by atoms with Crippen molar-refractivity contribution < 1.29 is 18.3 Å². The maximum Gasteiger partial charge on any atom is 0.255 e. The molecule has 194 valence electrons. The number of rotatable bonds is 18. The average Bonchev–Trinajstić information content (AvgIpc) is 2.85. The largest absolute Gasteiger partial charge is 0.508 e. The Balaban J connectivity index is 1.58. The number of anilines is 1. The lowest BCUT2D eigenvalue weighted by Gasteiger charge is -2.09. The summed E-state index contributed by atoms with van der Waals surface area (Å²) in [6.45, 7) is 2.67. The van der Waals surface area contributed by atoms with Crippen LogP contribution in [0.3, 0.4) is 0 Å². The fourth-order valence-corrected chi connectivity index (χ4v) is 5.04. The number of sulfonamides is 1. The summed E-state index contributed by atoms with van der Waals surface area (Å²) in [6, 6.07) is 12.0. The predicted octanol–water partition coefficient (Wildman–Crippen LogP) is 7.01. The highest BCUT2D eigenvalue weighted by Gasteiger charge is 2.14. The molecule has 0 atom stereocenters. The number of amides is 1. The van der Waals surface area contributed by atoms with Gasteiger partial charge in [-0.3, -0.25) is 4.79 Å². The second kappa shape index (κ2) is 16.3. The van der Waals surface area contributed by atoms with Crippen LogP contribution in [0.15, 0.2) is 53.4 Å². The molecule has 2 aromatic carbocycles. The maximum atomic E-state index is 12.5. The van der Waals surface area contributed by atoms with Gasteiger partial charge in [-0.05, 0) is 55.0 Å². The molecule has 0 spiro atoms. The number of phenolic OH excluding ortho intramolecular Hbond substituents is 1. The third-order valence-electron chi connectivity index (χ3n) is 6.12. The molecule has 1 amide bonds. The average molecular weight is 503 g/mol. The lowest BCUT2D eigenvalue weighted by Crippen LogP contribution is -2.25. The maximum absolute atomic E-state index is 12.5. The van der Waals surface area contributed by atoms with Gasteiger partial charge >= 0.3 is 0 Å². The Hall–Kier alpha value is -2.38. The van der Waals surface area contributed by atoms with Gasteiger partial charge < -0.3 is 10.4 Å². The summed E-state index contributed by atoms with van der Waals surface area (Å²) in [5.74, 6) is -0.233. The van der Waals surface area contributed by atoms with Gasteiger partial charge in [-0.1, -0.05) is 84.0 Å². The number of aromatic hydroxyl groups is 1. The first-order valence-electron chi connectivity index (χ1n) is 13.1. The van der Waals surface area contributed by atoms with Crippen molar-refractivity contribution in [3.8, 4) is 5.75 Å². The molecule has 0 aliphatic carbocycles. The zero-order valence-electron chi connectivity index (χ0n) is 21.1. The lowest BCUT2D eigenvalue weighted by atomic mass is 10.0. The van der Waals surface area contributed by atoms with Crippen LogP contribution in [0.25, 0.3) is 0 Å². The Morgan fingerprint density at radius 3 is 1.71 bits per heavy atom. The fourth-order valence-electron chi connectivity index (χ4n) is 3.97. The first-order valence-corrected chi connectivity index (χ1v) is 14.6. The molecular weight excluding hydrogens is 460 g/mol. The molecule has 0 saturated carbocycles. The summed E-state index contributed by atoms with van der Waals surface area (Å²) in [5, 5.41) is 12.0. The first kappa shape index (κ1) is 28.9. The molecule has 0 unspecified atom stereocenters.